The number of nitrogens with zero attached hydrogens (tertiary/aromatic N) is 5. The predicted octanol–water partition coefficient (Wildman–Crippen LogP) is 5.73. The summed E-state index contributed by atoms with van der Waals surface area (Å²) < 4.78 is 24.0. The molecule has 8 heteroatoms. The van der Waals surface area contributed by atoms with Gasteiger partial charge in [-0.15, -0.1) is 0 Å². The molecule has 0 fully saturated rings. The van der Waals surface area contributed by atoms with Crippen molar-refractivity contribution in [1.82, 2.24) is 24.1 Å². The number of hydrogen-bond acceptors (Lipinski definition) is 5. The number of nitrogens with one attached hydrogen (secondary N) is 1. The van der Waals surface area contributed by atoms with Gasteiger partial charge in [0.05, 0.1) is 35.8 Å². The van der Waals surface area contributed by atoms with Crippen molar-refractivity contribution < 1.29 is 9.13 Å². The summed E-state index contributed by atoms with van der Waals surface area (Å²) in [4.78, 5) is 14.2. The highest BCUT2D eigenvalue weighted by molar-refractivity contribution is 5.86. The van der Waals surface area contributed by atoms with Crippen molar-refractivity contribution in [3.8, 4) is 28.4 Å². The molecule has 1 N–H and O–H groups in total. The lowest BCUT2D eigenvalue weighted by atomic mass is 10.1. The third-order valence-electron chi connectivity index (χ3n) is 6.78. The van der Waals surface area contributed by atoms with Gasteiger partial charge in [0.15, 0.2) is 0 Å². The maximum Gasteiger partial charge on any atom is 0.223 e. The quantitative estimate of drug-likeness (QED) is 0.321. The van der Waals surface area contributed by atoms with Crippen LogP contribution in [0.5, 0.6) is 5.75 Å². The van der Waals surface area contributed by atoms with E-state index in [0.29, 0.717) is 5.95 Å². The molecule has 0 bridgehead atoms. The Labute approximate surface area is 208 Å². The summed E-state index contributed by atoms with van der Waals surface area (Å²) >= 11 is 0. The Bertz CT molecular complexity index is 1540. The molecule has 5 aromatic rings. The summed E-state index contributed by atoms with van der Waals surface area (Å²) in [7, 11) is 1.71. The van der Waals surface area contributed by atoms with Crippen molar-refractivity contribution in [2.75, 3.05) is 19.0 Å². The van der Waals surface area contributed by atoms with Crippen LogP contribution in [0.15, 0.2) is 67.0 Å². The van der Waals surface area contributed by atoms with Gasteiger partial charge in [0, 0.05) is 42.9 Å². The lowest BCUT2D eigenvalue weighted by Crippen LogP contribution is -2.14. The Morgan fingerprint density at radius 3 is 2.75 bits per heavy atom. The fourth-order valence-corrected chi connectivity index (χ4v) is 5.20. The zero-order chi connectivity index (χ0) is 24.6. The molecule has 1 aliphatic heterocycles. The average Bonchev–Trinajstić information content (AvgIpc) is 3.59. The fraction of sp³-hybridized carbons (Fsp3) is 0.250. The van der Waals surface area contributed by atoms with Crippen LogP contribution in [-0.4, -0.2) is 37.7 Å². The van der Waals surface area contributed by atoms with E-state index in [1.165, 1.54) is 12.1 Å². The van der Waals surface area contributed by atoms with Gasteiger partial charge in [-0.25, -0.2) is 19.3 Å². The van der Waals surface area contributed by atoms with Gasteiger partial charge in [-0.05, 0) is 55.8 Å². The topological polar surface area (TPSA) is 69.8 Å². The largest absolute Gasteiger partial charge is 0.495 e. The molecule has 6 rings (SSSR count). The number of imidazole rings is 1. The SMILES string of the molecule is CCNc1nccc(-c2c(-c3ccc(F)cc3)nc3n2C(Cn2ccc4cccc(OC)c42)CC3)n1. The number of halogens is 1. The van der Waals surface area contributed by atoms with E-state index < -0.39 is 0 Å². The molecule has 0 saturated heterocycles. The maximum atomic E-state index is 13.7. The third-order valence-corrected chi connectivity index (χ3v) is 6.78. The van der Waals surface area contributed by atoms with E-state index in [0.717, 1.165) is 71.1 Å². The van der Waals surface area contributed by atoms with Gasteiger partial charge in [0.1, 0.15) is 17.4 Å². The summed E-state index contributed by atoms with van der Waals surface area (Å²) in [5.41, 5.74) is 4.49. The molecule has 0 spiro atoms. The van der Waals surface area contributed by atoms with E-state index in [4.69, 9.17) is 14.7 Å². The van der Waals surface area contributed by atoms with Gasteiger partial charge in [-0.2, -0.15) is 0 Å². The van der Waals surface area contributed by atoms with Crippen LogP contribution in [0.2, 0.25) is 0 Å². The molecule has 182 valence electrons. The molecule has 36 heavy (non-hydrogen) atoms. The number of anilines is 1. The van der Waals surface area contributed by atoms with Crippen molar-refractivity contribution in [1.29, 1.82) is 0 Å². The summed E-state index contributed by atoms with van der Waals surface area (Å²) in [6, 6.07) is 16.8. The number of benzene rings is 2. The van der Waals surface area contributed by atoms with Gasteiger partial charge in [-0.3, -0.25) is 0 Å². The number of methoxy groups -OCH3 is 1. The molecular weight excluding hydrogens is 455 g/mol. The minimum absolute atomic E-state index is 0.176. The number of aryl methyl sites for hydroxylation is 1. The fourth-order valence-electron chi connectivity index (χ4n) is 5.20. The standard InChI is InChI=1S/C28H27FN6O/c1-3-30-28-31-15-13-22(32-28)27-25(18-7-9-20(29)10-8-18)33-24-12-11-21(35(24)27)17-34-16-14-19-5-4-6-23(36-2)26(19)34/h4-10,13-16,21H,3,11-12,17H2,1-2H3,(H,30,31,32). The summed E-state index contributed by atoms with van der Waals surface area (Å²) in [5, 5.41) is 4.35. The monoisotopic (exact) mass is 482 g/mol. The smallest absolute Gasteiger partial charge is 0.223 e. The Kier molecular flexibility index (Phi) is 5.64. The second-order valence-electron chi connectivity index (χ2n) is 8.96. The van der Waals surface area contributed by atoms with Crippen molar-refractivity contribution in [3.63, 3.8) is 0 Å². The summed E-state index contributed by atoms with van der Waals surface area (Å²) in [6.45, 7) is 3.51. The molecular formula is C28H27FN6O. The van der Waals surface area contributed by atoms with Crippen molar-refractivity contribution in [2.24, 2.45) is 0 Å². The average molecular weight is 483 g/mol. The molecule has 4 heterocycles. The number of fused-ring (bicyclic) bond motifs is 2. The van der Waals surface area contributed by atoms with Crippen LogP contribution in [0.4, 0.5) is 10.3 Å². The highest BCUT2D eigenvalue weighted by atomic mass is 19.1. The van der Waals surface area contributed by atoms with Gasteiger partial charge < -0.3 is 19.2 Å². The van der Waals surface area contributed by atoms with Crippen LogP contribution < -0.4 is 10.1 Å². The molecule has 0 radical (unpaired) electrons. The first-order valence-electron chi connectivity index (χ1n) is 12.2. The van der Waals surface area contributed by atoms with E-state index in [1.807, 2.05) is 25.1 Å². The Morgan fingerprint density at radius 2 is 1.94 bits per heavy atom. The lowest BCUT2D eigenvalue weighted by Gasteiger charge is -2.19. The Morgan fingerprint density at radius 1 is 1.08 bits per heavy atom. The molecule has 1 unspecified atom stereocenters. The van der Waals surface area contributed by atoms with Gasteiger partial charge in [0.2, 0.25) is 5.95 Å². The van der Waals surface area contributed by atoms with Crippen molar-refractivity contribution in [3.05, 3.63) is 78.6 Å². The number of aromatic nitrogens is 5. The van der Waals surface area contributed by atoms with E-state index >= 15 is 0 Å². The van der Waals surface area contributed by atoms with Crippen LogP contribution >= 0.6 is 0 Å². The number of para-hydroxylation sites is 1. The first kappa shape index (κ1) is 22.3. The van der Waals surface area contributed by atoms with Crippen LogP contribution in [0, 0.1) is 5.82 Å². The Balaban J connectivity index is 1.49. The van der Waals surface area contributed by atoms with Crippen LogP contribution in [-0.2, 0) is 13.0 Å². The second-order valence-corrected chi connectivity index (χ2v) is 8.96. The molecule has 2 aromatic carbocycles. The molecule has 1 atom stereocenters. The molecule has 7 nitrogen and oxygen atoms in total. The normalized spacial score (nSPS) is 14.8. The molecule has 0 amide bonds. The van der Waals surface area contributed by atoms with Gasteiger partial charge in [0.25, 0.3) is 0 Å². The molecule has 0 saturated carbocycles. The third kappa shape index (κ3) is 3.79. The minimum atomic E-state index is -0.269. The van der Waals surface area contributed by atoms with E-state index in [9.17, 15) is 4.39 Å². The van der Waals surface area contributed by atoms with Gasteiger partial charge in [-0.1, -0.05) is 12.1 Å². The zero-order valence-electron chi connectivity index (χ0n) is 20.3. The summed E-state index contributed by atoms with van der Waals surface area (Å²) in [6.07, 6.45) is 5.72. The van der Waals surface area contributed by atoms with E-state index in [-0.39, 0.29) is 11.9 Å². The molecule has 3 aromatic heterocycles. The van der Waals surface area contributed by atoms with E-state index in [2.05, 4.69) is 37.8 Å². The predicted molar refractivity (Wildman–Crippen MR) is 139 cm³/mol. The van der Waals surface area contributed by atoms with Crippen LogP contribution in [0.3, 0.4) is 0 Å². The van der Waals surface area contributed by atoms with Crippen LogP contribution in [0.25, 0.3) is 33.5 Å². The highest BCUT2D eigenvalue weighted by Gasteiger charge is 2.31. The van der Waals surface area contributed by atoms with E-state index in [1.54, 1.807) is 25.4 Å². The molecule has 0 aliphatic carbocycles. The maximum absolute atomic E-state index is 13.7. The van der Waals surface area contributed by atoms with Crippen LogP contribution in [0.1, 0.15) is 25.2 Å². The number of hydrogen-bond donors (Lipinski definition) is 1. The first-order chi connectivity index (χ1) is 17.7. The van der Waals surface area contributed by atoms with Crippen molar-refractivity contribution >= 4 is 16.9 Å². The highest BCUT2D eigenvalue weighted by Crippen LogP contribution is 2.40. The van der Waals surface area contributed by atoms with Crippen molar-refractivity contribution in [2.45, 2.75) is 32.4 Å². The zero-order valence-corrected chi connectivity index (χ0v) is 20.3. The number of rotatable bonds is 7. The first-order valence-corrected chi connectivity index (χ1v) is 12.2. The minimum Gasteiger partial charge on any atom is -0.495 e. The van der Waals surface area contributed by atoms with Gasteiger partial charge >= 0.3 is 0 Å². The number of ether oxygens (including phenoxy) is 1. The molecule has 1 aliphatic rings. The second kappa shape index (κ2) is 9.11. The summed E-state index contributed by atoms with van der Waals surface area (Å²) in [5.74, 6) is 2.18. The Hall–Kier alpha value is -4.20. The lowest BCUT2D eigenvalue weighted by molar-refractivity contribution is 0.412.